The fourth-order valence-electron chi connectivity index (χ4n) is 6.64. The van der Waals surface area contributed by atoms with Crippen LogP contribution in [0.15, 0.2) is 24.3 Å². The van der Waals surface area contributed by atoms with Gasteiger partial charge in [-0.05, 0) is 62.1 Å². The van der Waals surface area contributed by atoms with Crippen molar-refractivity contribution in [3.8, 4) is 5.75 Å². The Labute approximate surface area is 218 Å². The van der Waals surface area contributed by atoms with Crippen molar-refractivity contribution in [2.45, 2.75) is 89.7 Å². The second-order valence-corrected chi connectivity index (χ2v) is 11.2. The quantitative estimate of drug-likeness (QED) is 0.410. The van der Waals surface area contributed by atoms with Crippen LogP contribution >= 0.6 is 0 Å². The van der Waals surface area contributed by atoms with E-state index < -0.39 is 29.9 Å². The fraction of sp³-hybridized carbons (Fsp3) is 0.714. The van der Waals surface area contributed by atoms with Crippen LogP contribution in [0.5, 0.6) is 5.75 Å². The summed E-state index contributed by atoms with van der Waals surface area (Å²) in [6.45, 7) is 6.66. The first-order valence-electron chi connectivity index (χ1n) is 13.5. The number of nitrogens with one attached hydrogen (secondary N) is 1. The molecule has 5 aliphatic rings. The van der Waals surface area contributed by atoms with Gasteiger partial charge in [0, 0.05) is 31.2 Å². The molecule has 0 aromatic heterocycles. The summed E-state index contributed by atoms with van der Waals surface area (Å²) in [4.78, 5) is 36.9. The number of hydrogen-bond acceptors (Lipinski definition) is 8. The number of carbonyl (C=O) groups excluding carboxylic acids is 2. The number of rotatable bonds is 8. The lowest BCUT2D eigenvalue weighted by molar-refractivity contribution is -0.576. The highest BCUT2D eigenvalue weighted by molar-refractivity contribution is 5.81. The van der Waals surface area contributed by atoms with E-state index in [1.54, 1.807) is 7.11 Å². The highest BCUT2D eigenvalue weighted by Gasteiger charge is 2.69. The molecule has 9 heteroatoms. The Morgan fingerprint density at radius 3 is 2.59 bits per heavy atom. The van der Waals surface area contributed by atoms with Crippen LogP contribution < -0.4 is 10.1 Å². The summed E-state index contributed by atoms with van der Waals surface area (Å²) >= 11 is 0. The molecule has 1 aliphatic carbocycles. The Hall–Kier alpha value is -2.20. The van der Waals surface area contributed by atoms with Gasteiger partial charge in [0.1, 0.15) is 5.75 Å². The molecule has 9 nitrogen and oxygen atoms in total. The minimum atomic E-state index is -0.878. The van der Waals surface area contributed by atoms with Crippen molar-refractivity contribution in [3.63, 3.8) is 0 Å². The highest BCUT2D eigenvalue weighted by atomic mass is 17.3. The zero-order valence-corrected chi connectivity index (χ0v) is 22.2. The number of hydrogen-bond donors (Lipinski definition) is 1. The molecule has 204 valence electrons. The average Bonchev–Trinajstić information content (AvgIpc) is 3.12. The third-order valence-corrected chi connectivity index (χ3v) is 8.80. The number of methoxy groups -OCH3 is 1. The monoisotopic (exact) mass is 517 g/mol. The summed E-state index contributed by atoms with van der Waals surface area (Å²) < 4.78 is 23.5. The predicted molar refractivity (Wildman–Crippen MR) is 132 cm³/mol. The van der Waals surface area contributed by atoms with Crippen molar-refractivity contribution in [1.29, 1.82) is 0 Å². The molecule has 1 aromatic carbocycles. The number of fused-ring (bicyclic) bond motifs is 2. The summed E-state index contributed by atoms with van der Waals surface area (Å²) in [6.07, 6.45) is 2.99. The van der Waals surface area contributed by atoms with Crippen LogP contribution in [0.1, 0.15) is 64.9 Å². The molecule has 0 radical (unpaired) electrons. The zero-order valence-electron chi connectivity index (χ0n) is 22.2. The molecule has 1 aromatic rings. The Morgan fingerprint density at radius 2 is 1.84 bits per heavy atom. The predicted octanol–water partition coefficient (Wildman–Crippen LogP) is 3.89. The SMILES string of the molecule is COc1ccc(CCNC(=O)CCC(=O)O[C@@H]2O[C@@H]3O[C@@]4(C)CC[C@H]5[C@H](C)CC[C@@H]([C@H]2C)[C@@]35OO4)cc1. The molecule has 4 aliphatic heterocycles. The van der Waals surface area contributed by atoms with Crippen LogP contribution in [0.4, 0.5) is 0 Å². The molecule has 1 saturated carbocycles. The van der Waals surface area contributed by atoms with Gasteiger partial charge in [0.2, 0.25) is 18.0 Å². The number of benzene rings is 1. The number of carbonyl (C=O) groups is 2. The van der Waals surface area contributed by atoms with Crippen LogP contribution in [0, 0.1) is 23.7 Å². The molecular weight excluding hydrogens is 478 g/mol. The number of ether oxygens (including phenoxy) is 4. The van der Waals surface area contributed by atoms with E-state index in [2.05, 4.69) is 12.2 Å². The van der Waals surface area contributed by atoms with Gasteiger partial charge in [-0.3, -0.25) is 9.59 Å². The van der Waals surface area contributed by atoms with Crippen LogP contribution in [-0.2, 0) is 40.0 Å². The second kappa shape index (κ2) is 10.5. The van der Waals surface area contributed by atoms with E-state index in [4.69, 9.17) is 28.7 Å². The fourth-order valence-corrected chi connectivity index (χ4v) is 6.64. The van der Waals surface area contributed by atoms with E-state index in [0.29, 0.717) is 18.9 Å². The van der Waals surface area contributed by atoms with Crippen LogP contribution in [0.3, 0.4) is 0 Å². The van der Waals surface area contributed by atoms with Gasteiger partial charge in [0.15, 0.2) is 11.9 Å². The van der Waals surface area contributed by atoms with E-state index in [-0.39, 0.29) is 36.5 Å². The van der Waals surface area contributed by atoms with Crippen molar-refractivity contribution in [2.24, 2.45) is 23.7 Å². The van der Waals surface area contributed by atoms with Gasteiger partial charge in [-0.1, -0.05) is 26.0 Å². The maximum absolute atomic E-state index is 12.7. The first kappa shape index (κ1) is 26.4. The average molecular weight is 518 g/mol. The Morgan fingerprint density at radius 1 is 1.05 bits per heavy atom. The molecule has 2 bridgehead atoms. The van der Waals surface area contributed by atoms with Gasteiger partial charge in [-0.2, -0.15) is 0 Å². The van der Waals surface area contributed by atoms with Gasteiger partial charge < -0.3 is 24.3 Å². The maximum atomic E-state index is 12.7. The molecule has 37 heavy (non-hydrogen) atoms. The minimum absolute atomic E-state index is 0.0146. The van der Waals surface area contributed by atoms with Gasteiger partial charge in [-0.15, -0.1) is 0 Å². The Kier molecular flexibility index (Phi) is 7.51. The molecule has 8 atom stereocenters. The molecule has 4 saturated heterocycles. The molecule has 6 rings (SSSR count). The van der Waals surface area contributed by atoms with Crippen LogP contribution in [-0.4, -0.2) is 49.5 Å². The molecule has 1 N–H and O–H groups in total. The smallest absolute Gasteiger partial charge is 0.308 e. The van der Waals surface area contributed by atoms with Crippen LogP contribution in [0.2, 0.25) is 0 Å². The summed E-state index contributed by atoms with van der Waals surface area (Å²) in [6, 6.07) is 7.72. The van der Waals surface area contributed by atoms with E-state index in [9.17, 15) is 9.59 Å². The van der Waals surface area contributed by atoms with Gasteiger partial charge >= 0.3 is 5.97 Å². The first-order chi connectivity index (χ1) is 17.7. The van der Waals surface area contributed by atoms with Gasteiger partial charge in [-0.25, -0.2) is 9.78 Å². The van der Waals surface area contributed by atoms with E-state index in [1.165, 1.54) is 0 Å². The summed E-state index contributed by atoms with van der Waals surface area (Å²) in [5.41, 5.74) is 0.401. The van der Waals surface area contributed by atoms with Crippen molar-refractivity contribution in [1.82, 2.24) is 5.32 Å². The normalized spacial score (nSPS) is 38.3. The largest absolute Gasteiger partial charge is 0.497 e. The van der Waals surface area contributed by atoms with E-state index in [1.807, 2.05) is 38.1 Å². The summed E-state index contributed by atoms with van der Waals surface area (Å²) in [5, 5.41) is 2.87. The molecule has 5 fully saturated rings. The lowest BCUT2D eigenvalue weighted by Crippen LogP contribution is -2.70. The number of esters is 1. The van der Waals surface area contributed by atoms with Gasteiger partial charge in [0.25, 0.3) is 0 Å². The van der Waals surface area contributed by atoms with Crippen molar-refractivity contribution < 1.29 is 38.3 Å². The van der Waals surface area contributed by atoms with E-state index in [0.717, 1.165) is 37.0 Å². The second-order valence-electron chi connectivity index (χ2n) is 11.2. The minimum Gasteiger partial charge on any atom is -0.497 e. The summed E-state index contributed by atoms with van der Waals surface area (Å²) in [5.74, 6) is -0.0294. The Bertz CT molecular complexity index is 985. The third kappa shape index (κ3) is 5.11. The zero-order chi connectivity index (χ0) is 26.2. The topological polar surface area (TPSA) is 102 Å². The molecule has 1 amide bonds. The molecule has 0 unspecified atom stereocenters. The van der Waals surface area contributed by atoms with Gasteiger partial charge in [0.05, 0.1) is 13.5 Å². The lowest BCUT2D eigenvalue weighted by Gasteiger charge is -2.59. The first-order valence-corrected chi connectivity index (χ1v) is 13.5. The number of amides is 1. The van der Waals surface area contributed by atoms with Crippen molar-refractivity contribution in [3.05, 3.63) is 29.8 Å². The molecule has 4 heterocycles. The summed E-state index contributed by atoms with van der Waals surface area (Å²) in [7, 11) is 1.63. The third-order valence-electron chi connectivity index (χ3n) is 8.80. The van der Waals surface area contributed by atoms with Crippen molar-refractivity contribution in [2.75, 3.05) is 13.7 Å². The maximum Gasteiger partial charge on any atom is 0.308 e. The Balaban J connectivity index is 1.13. The standard InChI is InChI=1S/C28H39NO8/c1-17-5-10-22-18(2)25(34-26-28(22)21(17)13-15-27(3,35-26)36-37-28)33-24(31)12-11-23(30)29-16-14-19-6-8-20(32-4)9-7-19/h6-9,17-18,21-22,25-26H,5,10-16H2,1-4H3,(H,29,30)/t17-,18-,21+,22+,25-,26-,27-,28-/m1/s1. The van der Waals surface area contributed by atoms with E-state index >= 15 is 0 Å². The molecular formula is C28H39NO8. The lowest BCUT2D eigenvalue weighted by atomic mass is 9.58. The van der Waals surface area contributed by atoms with Crippen LogP contribution in [0.25, 0.3) is 0 Å². The highest BCUT2D eigenvalue weighted by Crippen LogP contribution is 2.60. The van der Waals surface area contributed by atoms with Crippen molar-refractivity contribution >= 4 is 11.9 Å². The molecule has 1 spiro atoms.